The van der Waals surface area contributed by atoms with E-state index in [0.717, 1.165) is 83.5 Å². The van der Waals surface area contributed by atoms with Gasteiger partial charge in [-0.3, -0.25) is 14.4 Å². The fraction of sp³-hybridized carbons (Fsp3) is 0.814. The molecule has 0 amide bonds. The first-order valence-corrected chi connectivity index (χ1v) is 28.1. The van der Waals surface area contributed by atoms with Crippen LogP contribution < -0.4 is 0 Å². The van der Waals surface area contributed by atoms with E-state index in [1.54, 1.807) is 0 Å². The minimum atomic E-state index is -0.784. The summed E-state index contributed by atoms with van der Waals surface area (Å²) in [6.07, 6.45) is 65.2. The van der Waals surface area contributed by atoms with Gasteiger partial charge in [-0.2, -0.15) is 0 Å². The van der Waals surface area contributed by atoms with E-state index < -0.39 is 6.10 Å². The third-order valence-electron chi connectivity index (χ3n) is 12.3. The van der Waals surface area contributed by atoms with Crippen LogP contribution in [-0.2, 0) is 28.6 Å². The second-order valence-corrected chi connectivity index (χ2v) is 18.8. The smallest absolute Gasteiger partial charge is 0.306 e. The average molecular weight is 911 g/mol. The van der Waals surface area contributed by atoms with Gasteiger partial charge < -0.3 is 14.2 Å². The van der Waals surface area contributed by atoms with Gasteiger partial charge in [-0.1, -0.05) is 236 Å². The van der Waals surface area contributed by atoms with Gasteiger partial charge in [0.25, 0.3) is 0 Å². The number of unbranched alkanes of at least 4 members (excludes halogenated alkanes) is 32. The molecule has 0 unspecified atom stereocenters. The predicted molar refractivity (Wildman–Crippen MR) is 279 cm³/mol. The highest BCUT2D eigenvalue weighted by atomic mass is 16.6. The summed E-state index contributed by atoms with van der Waals surface area (Å²) in [7, 11) is 0. The number of carbonyl (C=O) groups is 3. The Bertz CT molecular complexity index is 1140. The molecule has 0 saturated carbocycles. The lowest BCUT2D eigenvalue weighted by molar-refractivity contribution is -0.167. The molecule has 6 nitrogen and oxygen atoms in total. The van der Waals surface area contributed by atoms with Crippen molar-refractivity contribution in [3.63, 3.8) is 0 Å². The van der Waals surface area contributed by atoms with Crippen LogP contribution in [-0.4, -0.2) is 37.2 Å². The Labute approximate surface area is 403 Å². The van der Waals surface area contributed by atoms with Crippen molar-refractivity contribution in [1.82, 2.24) is 0 Å². The second-order valence-electron chi connectivity index (χ2n) is 18.8. The van der Waals surface area contributed by atoms with Crippen molar-refractivity contribution in [3.05, 3.63) is 48.6 Å². The van der Waals surface area contributed by atoms with Crippen molar-refractivity contribution < 1.29 is 28.6 Å². The van der Waals surface area contributed by atoms with E-state index in [1.165, 1.54) is 167 Å². The van der Waals surface area contributed by atoms with Crippen molar-refractivity contribution in [2.45, 2.75) is 297 Å². The van der Waals surface area contributed by atoms with E-state index in [1.807, 2.05) is 0 Å². The first-order valence-electron chi connectivity index (χ1n) is 28.1. The Kier molecular flexibility index (Phi) is 51.8. The number of hydrogen-bond donors (Lipinski definition) is 0. The lowest BCUT2D eigenvalue weighted by atomic mass is 10.0. The van der Waals surface area contributed by atoms with Crippen molar-refractivity contribution in [3.8, 4) is 0 Å². The molecule has 378 valence electrons. The zero-order valence-corrected chi connectivity index (χ0v) is 43.3. The SMILES string of the molecule is CCCCC/C=C\C/C=C\C/C=C\CCCCCCC(=O)O[C@H](COC(=O)CCCCCCCCC/C=C\CCCCCCCC)COC(=O)CCCCCCCCCCCCCCC. The Morgan fingerprint density at radius 3 is 0.908 bits per heavy atom. The molecule has 0 spiro atoms. The van der Waals surface area contributed by atoms with Crippen LogP contribution in [0.1, 0.15) is 290 Å². The van der Waals surface area contributed by atoms with Crippen LogP contribution in [0.4, 0.5) is 0 Å². The molecule has 0 fully saturated rings. The molecule has 0 bridgehead atoms. The van der Waals surface area contributed by atoms with Crippen LogP contribution in [0.5, 0.6) is 0 Å². The summed E-state index contributed by atoms with van der Waals surface area (Å²) in [5.74, 6) is -0.895. The molecule has 0 N–H and O–H groups in total. The molecular weight excluding hydrogens is 805 g/mol. The lowest BCUT2D eigenvalue weighted by Crippen LogP contribution is -2.30. The van der Waals surface area contributed by atoms with Gasteiger partial charge in [0.05, 0.1) is 0 Å². The third-order valence-corrected chi connectivity index (χ3v) is 12.3. The molecule has 0 radical (unpaired) electrons. The largest absolute Gasteiger partial charge is 0.462 e. The summed E-state index contributed by atoms with van der Waals surface area (Å²) in [5.41, 5.74) is 0. The number of esters is 3. The summed E-state index contributed by atoms with van der Waals surface area (Å²) in [5, 5.41) is 0. The van der Waals surface area contributed by atoms with Gasteiger partial charge in [0.1, 0.15) is 13.2 Å². The van der Waals surface area contributed by atoms with E-state index in [-0.39, 0.29) is 31.1 Å². The summed E-state index contributed by atoms with van der Waals surface area (Å²) >= 11 is 0. The molecule has 0 aliphatic heterocycles. The topological polar surface area (TPSA) is 78.9 Å². The van der Waals surface area contributed by atoms with Gasteiger partial charge in [0.2, 0.25) is 0 Å². The van der Waals surface area contributed by atoms with Crippen molar-refractivity contribution in [1.29, 1.82) is 0 Å². The average Bonchev–Trinajstić information content (AvgIpc) is 3.30. The number of carbonyl (C=O) groups excluding carboxylic acids is 3. The maximum Gasteiger partial charge on any atom is 0.306 e. The van der Waals surface area contributed by atoms with E-state index in [0.29, 0.717) is 19.3 Å². The molecule has 65 heavy (non-hydrogen) atoms. The molecule has 1 atom stereocenters. The lowest BCUT2D eigenvalue weighted by Gasteiger charge is -2.18. The highest BCUT2D eigenvalue weighted by molar-refractivity contribution is 5.71. The highest BCUT2D eigenvalue weighted by Gasteiger charge is 2.19. The third kappa shape index (κ3) is 52.2. The summed E-state index contributed by atoms with van der Waals surface area (Å²) in [4.78, 5) is 38.1. The van der Waals surface area contributed by atoms with E-state index in [2.05, 4.69) is 69.4 Å². The predicted octanol–water partition coefficient (Wildman–Crippen LogP) is 18.7. The van der Waals surface area contributed by atoms with E-state index >= 15 is 0 Å². The van der Waals surface area contributed by atoms with Gasteiger partial charge in [0.15, 0.2) is 6.10 Å². The van der Waals surface area contributed by atoms with Gasteiger partial charge in [-0.15, -0.1) is 0 Å². The van der Waals surface area contributed by atoms with Crippen molar-refractivity contribution in [2.24, 2.45) is 0 Å². The minimum absolute atomic E-state index is 0.0809. The van der Waals surface area contributed by atoms with Gasteiger partial charge >= 0.3 is 17.9 Å². The Morgan fingerprint density at radius 1 is 0.308 bits per heavy atom. The molecule has 0 rings (SSSR count). The molecule has 0 aliphatic rings. The van der Waals surface area contributed by atoms with Crippen molar-refractivity contribution >= 4 is 17.9 Å². The Morgan fingerprint density at radius 2 is 0.554 bits per heavy atom. The number of ether oxygens (including phenoxy) is 3. The van der Waals surface area contributed by atoms with Crippen molar-refractivity contribution in [2.75, 3.05) is 13.2 Å². The minimum Gasteiger partial charge on any atom is -0.462 e. The van der Waals surface area contributed by atoms with Crippen LogP contribution in [0.15, 0.2) is 48.6 Å². The zero-order chi connectivity index (χ0) is 47.2. The number of hydrogen-bond acceptors (Lipinski definition) is 6. The number of allylic oxidation sites excluding steroid dienone is 8. The zero-order valence-electron chi connectivity index (χ0n) is 43.3. The molecule has 0 aromatic carbocycles. The first-order chi connectivity index (χ1) is 32.0. The molecule has 0 aromatic heterocycles. The van der Waals surface area contributed by atoms with Crippen LogP contribution in [0.3, 0.4) is 0 Å². The quantitative estimate of drug-likeness (QED) is 0.0262. The first kappa shape index (κ1) is 62.4. The van der Waals surface area contributed by atoms with Crippen LogP contribution >= 0.6 is 0 Å². The second kappa shape index (κ2) is 54.0. The molecule has 0 aliphatic carbocycles. The summed E-state index contributed by atoms with van der Waals surface area (Å²) in [6, 6.07) is 0. The standard InChI is InChI=1S/C59H106O6/c1-4-7-10-13-16-19-22-25-27-29-31-34-37-40-43-46-49-52-58(61)64-55-56(54-63-57(60)51-48-45-42-39-36-33-24-21-18-15-12-9-6-3)65-59(62)53-50-47-44-41-38-35-32-30-28-26-23-20-17-14-11-8-5-2/h17,20,25-28,32,35,56H,4-16,18-19,21-24,29-31,33-34,36-55H2,1-3H3/b20-17-,27-25-,28-26-,35-32-/t56-/m0/s1. The summed E-state index contributed by atoms with van der Waals surface area (Å²) < 4.78 is 16.8. The van der Waals surface area contributed by atoms with Gasteiger partial charge in [-0.25, -0.2) is 0 Å². The number of rotatable bonds is 51. The Hall–Kier alpha value is -2.63. The normalized spacial score (nSPS) is 12.4. The molecular formula is C59H106O6. The van der Waals surface area contributed by atoms with Gasteiger partial charge in [-0.05, 0) is 83.5 Å². The Balaban J connectivity index is 4.40. The molecule has 6 heteroatoms. The van der Waals surface area contributed by atoms with Crippen LogP contribution in [0, 0.1) is 0 Å². The van der Waals surface area contributed by atoms with Crippen LogP contribution in [0.25, 0.3) is 0 Å². The van der Waals surface area contributed by atoms with Crippen LogP contribution in [0.2, 0.25) is 0 Å². The maximum atomic E-state index is 12.8. The van der Waals surface area contributed by atoms with E-state index in [4.69, 9.17) is 14.2 Å². The fourth-order valence-corrected chi connectivity index (χ4v) is 8.03. The summed E-state index contributed by atoms with van der Waals surface area (Å²) in [6.45, 7) is 6.61. The fourth-order valence-electron chi connectivity index (χ4n) is 8.03. The monoisotopic (exact) mass is 911 g/mol. The molecule has 0 heterocycles. The van der Waals surface area contributed by atoms with Gasteiger partial charge in [0, 0.05) is 19.3 Å². The molecule has 0 aromatic rings. The highest BCUT2D eigenvalue weighted by Crippen LogP contribution is 2.15. The van der Waals surface area contributed by atoms with E-state index in [9.17, 15) is 14.4 Å². The maximum absolute atomic E-state index is 12.8. The molecule has 0 saturated heterocycles.